The van der Waals surface area contributed by atoms with E-state index in [-0.39, 0.29) is 12.6 Å². The molecule has 0 saturated heterocycles. The molecule has 0 heterocycles. The van der Waals surface area contributed by atoms with Crippen LogP contribution in [0, 0.1) is 0 Å². The lowest BCUT2D eigenvalue weighted by atomic mass is 9.99. The SMILES string of the molecule is CN(c1ccccc1)[C@@H](c1ccccc1)[C@H](O)CN. The summed E-state index contributed by atoms with van der Waals surface area (Å²) in [4.78, 5) is 2.06. The lowest BCUT2D eigenvalue weighted by Crippen LogP contribution is -2.38. The molecule has 0 aliphatic rings. The monoisotopic (exact) mass is 256 g/mol. The highest BCUT2D eigenvalue weighted by atomic mass is 16.3. The Hall–Kier alpha value is -1.84. The maximum absolute atomic E-state index is 10.2. The average Bonchev–Trinajstić information content (AvgIpc) is 2.49. The molecular weight excluding hydrogens is 236 g/mol. The number of rotatable bonds is 5. The second kappa shape index (κ2) is 6.36. The van der Waals surface area contributed by atoms with E-state index in [1.54, 1.807) is 0 Å². The second-order valence-electron chi connectivity index (χ2n) is 4.61. The molecule has 2 rings (SSSR count). The van der Waals surface area contributed by atoms with E-state index in [0.717, 1.165) is 11.3 Å². The van der Waals surface area contributed by atoms with E-state index < -0.39 is 6.10 Å². The number of para-hydroxylation sites is 1. The number of likely N-dealkylation sites (N-methyl/N-ethyl adjacent to an activating group) is 1. The van der Waals surface area contributed by atoms with Crippen molar-refractivity contribution >= 4 is 5.69 Å². The van der Waals surface area contributed by atoms with Crippen LogP contribution in [-0.2, 0) is 0 Å². The van der Waals surface area contributed by atoms with Gasteiger partial charge in [0.1, 0.15) is 0 Å². The van der Waals surface area contributed by atoms with Gasteiger partial charge in [0, 0.05) is 19.3 Å². The van der Waals surface area contributed by atoms with Crippen LogP contribution < -0.4 is 10.6 Å². The first-order chi connectivity index (χ1) is 9.24. The Labute approximate surface area is 114 Å². The predicted molar refractivity (Wildman–Crippen MR) is 79.1 cm³/mol. The van der Waals surface area contributed by atoms with Crippen LogP contribution >= 0.6 is 0 Å². The lowest BCUT2D eigenvalue weighted by molar-refractivity contribution is 0.150. The van der Waals surface area contributed by atoms with Crippen LogP contribution in [-0.4, -0.2) is 24.8 Å². The normalized spacial score (nSPS) is 13.8. The van der Waals surface area contributed by atoms with Gasteiger partial charge in [0.15, 0.2) is 0 Å². The fraction of sp³-hybridized carbons (Fsp3) is 0.250. The van der Waals surface area contributed by atoms with Crippen LogP contribution in [0.3, 0.4) is 0 Å². The zero-order chi connectivity index (χ0) is 13.7. The number of aliphatic hydroxyl groups is 1. The third-order valence-corrected chi connectivity index (χ3v) is 3.33. The highest BCUT2D eigenvalue weighted by Gasteiger charge is 2.24. The molecule has 0 fully saturated rings. The topological polar surface area (TPSA) is 49.5 Å². The summed E-state index contributed by atoms with van der Waals surface area (Å²) >= 11 is 0. The first-order valence-electron chi connectivity index (χ1n) is 6.45. The third kappa shape index (κ3) is 3.13. The van der Waals surface area contributed by atoms with Gasteiger partial charge in [0.05, 0.1) is 12.1 Å². The molecule has 0 aliphatic heterocycles. The predicted octanol–water partition coefficient (Wildman–Crippen LogP) is 2.18. The van der Waals surface area contributed by atoms with Crippen LogP contribution in [0.15, 0.2) is 60.7 Å². The van der Waals surface area contributed by atoms with Crippen LogP contribution in [0.4, 0.5) is 5.69 Å². The Morgan fingerprint density at radius 2 is 1.53 bits per heavy atom. The van der Waals surface area contributed by atoms with Crippen molar-refractivity contribution in [2.75, 3.05) is 18.5 Å². The van der Waals surface area contributed by atoms with Crippen LogP contribution in [0.1, 0.15) is 11.6 Å². The van der Waals surface area contributed by atoms with Crippen molar-refractivity contribution in [2.24, 2.45) is 5.73 Å². The summed E-state index contributed by atoms with van der Waals surface area (Å²) in [5, 5.41) is 10.2. The van der Waals surface area contributed by atoms with Crippen molar-refractivity contribution in [1.29, 1.82) is 0 Å². The van der Waals surface area contributed by atoms with Crippen molar-refractivity contribution in [2.45, 2.75) is 12.1 Å². The summed E-state index contributed by atoms with van der Waals surface area (Å²) in [6.07, 6.45) is -0.604. The van der Waals surface area contributed by atoms with E-state index in [1.807, 2.05) is 67.7 Å². The van der Waals surface area contributed by atoms with Crippen LogP contribution in [0.5, 0.6) is 0 Å². The van der Waals surface area contributed by atoms with E-state index in [0.29, 0.717) is 0 Å². The molecule has 0 aliphatic carbocycles. The molecule has 0 spiro atoms. The summed E-state index contributed by atoms with van der Waals surface area (Å²) in [6.45, 7) is 0.233. The van der Waals surface area contributed by atoms with Gasteiger partial charge in [0.2, 0.25) is 0 Å². The van der Waals surface area contributed by atoms with E-state index in [9.17, 15) is 5.11 Å². The van der Waals surface area contributed by atoms with Gasteiger partial charge in [-0.2, -0.15) is 0 Å². The minimum absolute atomic E-state index is 0.145. The molecule has 2 aromatic rings. The molecule has 0 bridgehead atoms. The zero-order valence-corrected chi connectivity index (χ0v) is 11.1. The molecular formula is C16H20N2O. The Morgan fingerprint density at radius 1 is 1.00 bits per heavy atom. The maximum atomic E-state index is 10.2. The number of benzene rings is 2. The number of nitrogens with two attached hydrogens (primary N) is 1. The Bertz CT molecular complexity index is 487. The van der Waals surface area contributed by atoms with Gasteiger partial charge in [0.25, 0.3) is 0 Å². The fourth-order valence-electron chi connectivity index (χ4n) is 2.31. The lowest BCUT2D eigenvalue weighted by Gasteiger charge is -2.33. The van der Waals surface area contributed by atoms with E-state index in [1.165, 1.54) is 0 Å². The average molecular weight is 256 g/mol. The van der Waals surface area contributed by atoms with Gasteiger partial charge in [-0.3, -0.25) is 0 Å². The van der Waals surface area contributed by atoms with Crippen molar-refractivity contribution in [1.82, 2.24) is 0 Å². The van der Waals surface area contributed by atoms with Crippen LogP contribution in [0.25, 0.3) is 0 Å². The number of nitrogens with zero attached hydrogens (tertiary/aromatic N) is 1. The summed E-state index contributed by atoms with van der Waals surface area (Å²) < 4.78 is 0. The third-order valence-electron chi connectivity index (χ3n) is 3.33. The van der Waals surface area contributed by atoms with E-state index in [4.69, 9.17) is 5.73 Å². The summed E-state index contributed by atoms with van der Waals surface area (Å²) in [5.74, 6) is 0. The van der Waals surface area contributed by atoms with Gasteiger partial charge in [-0.15, -0.1) is 0 Å². The van der Waals surface area contributed by atoms with Gasteiger partial charge < -0.3 is 15.7 Å². The molecule has 2 atom stereocenters. The Morgan fingerprint density at radius 3 is 2.05 bits per heavy atom. The fourth-order valence-corrected chi connectivity index (χ4v) is 2.31. The highest BCUT2D eigenvalue weighted by Crippen LogP contribution is 2.27. The van der Waals surface area contributed by atoms with E-state index in [2.05, 4.69) is 4.90 Å². The molecule has 0 aromatic heterocycles. The zero-order valence-electron chi connectivity index (χ0n) is 11.1. The first kappa shape index (κ1) is 13.6. The van der Waals surface area contributed by atoms with Crippen molar-refractivity contribution in [3.63, 3.8) is 0 Å². The quantitative estimate of drug-likeness (QED) is 0.862. The molecule has 0 unspecified atom stereocenters. The molecule has 0 saturated carbocycles. The molecule has 3 nitrogen and oxygen atoms in total. The smallest absolute Gasteiger partial charge is 0.0907 e. The van der Waals surface area contributed by atoms with Gasteiger partial charge in [-0.05, 0) is 17.7 Å². The molecule has 3 N–H and O–H groups in total. The number of anilines is 1. The maximum Gasteiger partial charge on any atom is 0.0907 e. The molecule has 19 heavy (non-hydrogen) atoms. The van der Waals surface area contributed by atoms with Crippen LogP contribution in [0.2, 0.25) is 0 Å². The standard InChI is InChI=1S/C16H20N2O/c1-18(14-10-6-3-7-11-14)16(15(19)12-17)13-8-4-2-5-9-13/h2-11,15-16,19H,12,17H2,1H3/t15-,16+/m1/s1. The molecule has 0 radical (unpaired) electrons. The molecule has 0 amide bonds. The van der Waals surface area contributed by atoms with Gasteiger partial charge in [-0.25, -0.2) is 0 Å². The minimum atomic E-state index is -0.604. The Kier molecular flexibility index (Phi) is 4.55. The Balaban J connectivity index is 2.34. The van der Waals surface area contributed by atoms with Crippen molar-refractivity contribution in [3.05, 3.63) is 66.2 Å². The second-order valence-corrected chi connectivity index (χ2v) is 4.61. The van der Waals surface area contributed by atoms with Crippen molar-refractivity contribution < 1.29 is 5.11 Å². The number of hydrogen-bond donors (Lipinski definition) is 2. The largest absolute Gasteiger partial charge is 0.389 e. The van der Waals surface area contributed by atoms with Crippen molar-refractivity contribution in [3.8, 4) is 0 Å². The summed E-state index contributed by atoms with van der Waals surface area (Å²) in [6, 6.07) is 19.8. The molecule has 3 heteroatoms. The first-order valence-corrected chi connectivity index (χ1v) is 6.45. The molecule has 100 valence electrons. The number of hydrogen-bond acceptors (Lipinski definition) is 3. The highest BCUT2D eigenvalue weighted by molar-refractivity contribution is 5.48. The van der Waals surface area contributed by atoms with E-state index >= 15 is 0 Å². The summed E-state index contributed by atoms with van der Waals surface area (Å²) in [5.41, 5.74) is 7.77. The minimum Gasteiger partial charge on any atom is -0.389 e. The number of aliphatic hydroxyl groups excluding tert-OH is 1. The molecule has 2 aromatic carbocycles. The van der Waals surface area contributed by atoms with Gasteiger partial charge >= 0.3 is 0 Å². The summed E-state index contributed by atoms with van der Waals surface area (Å²) in [7, 11) is 1.98. The van der Waals surface area contributed by atoms with Gasteiger partial charge in [-0.1, -0.05) is 48.5 Å².